The Morgan fingerprint density at radius 3 is 2.52 bits per heavy atom. The van der Waals surface area contributed by atoms with Gasteiger partial charge < -0.3 is 14.8 Å². The molecule has 21 heavy (non-hydrogen) atoms. The zero-order valence-corrected chi connectivity index (χ0v) is 13.1. The molecule has 0 saturated heterocycles. The third-order valence-corrected chi connectivity index (χ3v) is 3.49. The van der Waals surface area contributed by atoms with E-state index >= 15 is 0 Å². The van der Waals surface area contributed by atoms with Crippen molar-refractivity contribution in [1.29, 1.82) is 0 Å². The second-order valence-corrected chi connectivity index (χ2v) is 4.88. The van der Waals surface area contributed by atoms with Crippen LogP contribution in [0.3, 0.4) is 0 Å². The molecule has 1 N–H and O–H groups in total. The van der Waals surface area contributed by atoms with Crippen LogP contribution in [-0.4, -0.2) is 30.5 Å². The minimum Gasteiger partial charge on any atom is -0.493 e. The molecule has 1 aromatic carbocycles. The number of aryl methyl sites for hydroxylation is 1. The molecule has 1 heterocycles. The van der Waals surface area contributed by atoms with E-state index in [4.69, 9.17) is 9.47 Å². The number of methoxy groups -OCH3 is 2. The normalized spacial score (nSPS) is 12.2. The van der Waals surface area contributed by atoms with E-state index in [0.717, 1.165) is 35.7 Å². The molecular formula is C16H23N3O2. The largest absolute Gasteiger partial charge is 0.493 e. The molecule has 114 valence electrons. The first-order chi connectivity index (χ1) is 10.2. The van der Waals surface area contributed by atoms with Gasteiger partial charge in [-0.3, -0.25) is 4.68 Å². The molecule has 0 aliphatic heterocycles. The van der Waals surface area contributed by atoms with E-state index < -0.39 is 0 Å². The van der Waals surface area contributed by atoms with Crippen molar-refractivity contribution in [1.82, 2.24) is 15.1 Å². The van der Waals surface area contributed by atoms with Gasteiger partial charge in [-0.1, -0.05) is 13.0 Å². The van der Waals surface area contributed by atoms with Gasteiger partial charge in [-0.15, -0.1) is 0 Å². The molecule has 5 nitrogen and oxygen atoms in total. The van der Waals surface area contributed by atoms with Crippen molar-refractivity contribution in [2.24, 2.45) is 7.05 Å². The van der Waals surface area contributed by atoms with Crippen LogP contribution in [0.5, 0.6) is 11.5 Å². The Labute approximate surface area is 125 Å². The van der Waals surface area contributed by atoms with E-state index in [1.807, 2.05) is 36.1 Å². The molecule has 0 bridgehead atoms. The first-order valence-corrected chi connectivity index (χ1v) is 7.14. The van der Waals surface area contributed by atoms with Crippen molar-refractivity contribution in [2.75, 3.05) is 20.8 Å². The Hall–Kier alpha value is -2.01. The third-order valence-electron chi connectivity index (χ3n) is 3.49. The number of aromatic nitrogens is 2. The zero-order valence-electron chi connectivity index (χ0n) is 13.1. The summed E-state index contributed by atoms with van der Waals surface area (Å²) in [4.78, 5) is 0. The number of hydrogen-bond donors (Lipinski definition) is 1. The summed E-state index contributed by atoms with van der Waals surface area (Å²) in [5.74, 6) is 1.47. The quantitative estimate of drug-likeness (QED) is 0.851. The molecule has 0 aliphatic rings. The third kappa shape index (κ3) is 3.36. The molecule has 0 saturated carbocycles. The van der Waals surface area contributed by atoms with Crippen LogP contribution in [0.25, 0.3) is 0 Å². The Balaban J connectivity index is 2.39. The van der Waals surface area contributed by atoms with Crippen LogP contribution < -0.4 is 14.8 Å². The molecule has 1 aromatic heterocycles. The molecule has 2 aromatic rings. The molecule has 1 atom stereocenters. The number of benzene rings is 1. The number of hydrogen-bond acceptors (Lipinski definition) is 4. The summed E-state index contributed by atoms with van der Waals surface area (Å²) in [6.07, 6.45) is 2.89. The maximum Gasteiger partial charge on any atom is 0.161 e. The lowest BCUT2D eigenvalue weighted by Gasteiger charge is -2.20. The van der Waals surface area contributed by atoms with Gasteiger partial charge in [0.15, 0.2) is 11.5 Å². The van der Waals surface area contributed by atoms with Crippen LogP contribution in [0.1, 0.15) is 30.6 Å². The number of nitrogens with zero attached hydrogens (tertiary/aromatic N) is 2. The summed E-state index contributed by atoms with van der Waals surface area (Å²) in [6, 6.07) is 8.12. The van der Waals surface area contributed by atoms with Crippen molar-refractivity contribution < 1.29 is 9.47 Å². The molecule has 5 heteroatoms. The van der Waals surface area contributed by atoms with Crippen molar-refractivity contribution >= 4 is 0 Å². The molecule has 0 amide bonds. The van der Waals surface area contributed by atoms with Gasteiger partial charge in [0.05, 0.1) is 26.0 Å². The van der Waals surface area contributed by atoms with Gasteiger partial charge >= 0.3 is 0 Å². The van der Waals surface area contributed by atoms with Gasteiger partial charge in [-0.2, -0.15) is 5.10 Å². The SMILES string of the molecule is CCCNC(c1ccc(OC)c(OC)c1)c1ccnn1C. The minimum atomic E-state index is 0.0808. The Kier molecular flexibility index (Phi) is 5.22. The summed E-state index contributed by atoms with van der Waals surface area (Å²) in [6.45, 7) is 3.09. The molecule has 0 radical (unpaired) electrons. The van der Waals surface area contributed by atoms with Crippen LogP contribution in [-0.2, 0) is 7.05 Å². The number of nitrogens with one attached hydrogen (secondary N) is 1. The van der Waals surface area contributed by atoms with E-state index in [1.165, 1.54) is 0 Å². The maximum absolute atomic E-state index is 5.40. The molecule has 0 aliphatic carbocycles. The molecule has 2 rings (SSSR count). The van der Waals surface area contributed by atoms with Crippen molar-refractivity contribution in [3.63, 3.8) is 0 Å². The highest BCUT2D eigenvalue weighted by Gasteiger charge is 2.18. The first kappa shape index (κ1) is 15.4. The van der Waals surface area contributed by atoms with Gasteiger partial charge in [0.2, 0.25) is 0 Å². The van der Waals surface area contributed by atoms with Gasteiger partial charge in [0, 0.05) is 13.2 Å². The van der Waals surface area contributed by atoms with E-state index in [0.29, 0.717) is 0 Å². The zero-order chi connectivity index (χ0) is 15.2. The van der Waals surface area contributed by atoms with Crippen LogP contribution in [0.2, 0.25) is 0 Å². The van der Waals surface area contributed by atoms with Crippen molar-refractivity contribution in [3.8, 4) is 11.5 Å². The lowest BCUT2D eigenvalue weighted by atomic mass is 10.0. The van der Waals surface area contributed by atoms with Gasteiger partial charge in [-0.25, -0.2) is 0 Å². The monoisotopic (exact) mass is 289 g/mol. The highest BCUT2D eigenvalue weighted by molar-refractivity contribution is 5.45. The van der Waals surface area contributed by atoms with Gasteiger partial charge in [0.1, 0.15) is 0 Å². The average molecular weight is 289 g/mol. The van der Waals surface area contributed by atoms with Crippen LogP contribution >= 0.6 is 0 Å². The Morgan fingerprint density at radius 1 is 1.19 bits per heavy atom. The van der Waals surface area contributed by atoms with E-state index in [2.05, 4.69) is 23.4 Å². The van der Waals surface area contributed by atoms with E-state index in [9.17, 15) is 0 Å². The van der Waals surface area contributed by atoms with Gasteiger partial charge in [0.25, 0.3) is 0 Å². The number of ether oxygens (including phenoxy) is 2. The summed E-state index contributed by atoms with van der Waals surface area (Å²) in [5.41, 5.74) is 2.25. The summed E-state index contributed by atoms with van der Waals surface area (Å²) in [7, 11) is 5.25. The fraction of sp³-hybridized carbons (Fsp3) is 0.438. The van der Waals surface area contributed by atoms with E-state index in [1.54, 1.807) is 14.2 Å². The molecule has 0 spiro atoms. The highest BCUT2D eigenvalue weighted by Crippen LogP contribution is 2.32. The Morgan fingerprint density at radius 2 is 1.95 bits per heavy atom. The minimum absolute atomic E-state index is 0.0808. The lowest BCUT2D eigenvalue weighted by molar-refractivity contribution is 0.354. The Bertz CT molecular complexity index is 581. The smallest absolute Gasteiger partial charge is 0.161 e. The summed E-state index contributed by atoms with van der Waals surface area (Å²) in [5, 5.41) is 7.83. The van der Waals surface area contributed by atoms with Crippen molar-refractivity contribution in [3.05, 3.63) is 41.7 Å². The predicted molar refractivity (Wildman–Crippen MR) is 82.9 cm³/mol. The first-order valence-electron chi connectivity index (χ1n) is 7.14. The van der Waals surface area contributed by atoms with Gasteiger partial charge in [-0.05, 0) is 36.7 Å². The summed E-state index contributed by atoms with van der Waals surface area (Å²) < 4.78 is 12.6. The predicted octanol–water partition coefficient (Wildman–Crippen LogP) is 2.53. The topological polar surface area (TPSA) is 48.3 Å². The second kappa shape index (κ2) is 7.13. The second-order valence-electron chi connectivity index (χ2n) is 4.88. The van der Waals surface area contributed by atoms with Crippen LogP contribution in [0.4, 0.5) is 0 Å². The molecule has 0 fully saturated rings. The fourth-order valence-electron chi connectivity index (χ4n) is 2.38. The maximum atomic E-state index is 5.40. The van der Waals surface area contributed by atoms with E-state index in [-0.39, 0.29) is 6.04 Å². The standard InChI is InChI=1S/C16H23N3O2/c1-5-9-17-16(13-8-10-18-19(13)2)12-6-7-14(20-3)15(11-12)21-4/h6-8,10-11,16-17H,5,9H2,1-4H3. The van der Waals surface area contributed by atoms with Crippen molar-refractivity contribution in [2.45, 2.75) is 19.4 Å². The number of rotatable bonds is 7. The fourth-order valence-corrected chi connectivity index (χ4v) is 2.38. The molecule has 1 unspecified atom stereocenters. The summed E-state index contributed by atoms with van der Waals surface area (Å²) >= 11 is 0. The lowest BCUT2D eigenvalue weighted by Crippen LogP contribution is -2.25. The van der Waals surface area contributed by atoms with Crippen LogP contribution in [0, 0.1) is 0 Å². The van der Waals surface area contributed by atoms with Crippen LogP contribution in [0.15, 0.2) is 30.5 Å². The average Bonchev–Trinajstić information content (AvgIpc) is 2.93. The molecular weight excluding hydrogens is 266 g/mol. The highest BCUT2D eigenvalue weighted by atomic mass is 16.5.